The highest BCUT2D eigenvalue weighted by molar-refractivity contribution is 5.78. The summed E-state index contributed by atoms with van der Waals surface area (Å²) in [4.78, 5) is 13.6. The van der Waals surface area contributed by atoms with Crippen LogP contribution in [0, 0.1) is 0 Å². The van der Waals surface area contributed by atoms with Gasteiger partial charge in [0.25, 0.3) is 0 Å². The van der Waals surface area contributed by atoms with Gasteiger partial charge in [-0.15, -0.1) is 0 Å². The monoisotopic (exact) mass is 180 g/mol. The topological polar surface area (TPSA) is 32.3 Å². The molecule has 0 aromatic carbocycles. The lowest BCUT2D eigenvalue weighted by Gasteiger charge is -2.22. The summed E-state index contributed by atoms with van der Waals surface area (Å²) in [6.07, 6.45) is 7.73. The molecule has 0 saturated heterocycles. The standard InChI is InChI=1S/C10H16N2O/c13-10(11-9-4-5-9)8-12-6-2-1-3-7-12/h1-2,9H,3-8H2,(H,11,13). The lowest BCUT2D eigenvalue weighted by atomic mass is 10.2. The average Bonchev–Trinajstić information content (AvgIpc) is 2.90. The molecular weight excluding hydrogens is 164 g/mol. The minimum atomic E-state index is 0.192. The van der Waals surface area contributed by atoms with Crippen molar-refractivity contribution in [1.82, 2.24) is 10.2 Å². The molecule has 1 aliphatic heterocycles. The van der Waals surface area contributed by atoms with E-state index in [-0.39, 0.29) is 5.91 Å². The van der Waals surface area contributed by atoms with Crippen LogP contribution in [0.3, 0.4) is 0 Å². The highest BCUT2D eigenvalue weighted by atomic mass is 16.2. The molecule has 1 saturated carbocycles. The van der Waals surface area contributed by atoms with Gasteiger partial charge in [-0.3, -0.25) is 9.69 Å². The Hall–Kier alpha value is -0.830. The summed E-state index contributed by atoms with van der Waals surface area (Å²) < 4.78 is 0. The van der Waals surface area contributed by atoms with E-state index in [1.807, 2.05) is 0 Å². The van der Waals surface area contributed by atoms with E-state index >= 15 is 0 Å². The van der Waals surface area contributed by atoms with E-state index < -0.39 is 0 Å². The molecule has 1 heterocycles. The number of nitrogens with zero attached hydrogens (tertiary/aromatic N) is 1. The van der Waals surface area contributed by atoms with Crippen LogP contribution >= 0.6 is 0 Å². The maximum absolute atomic E-state index is 11.4. The number of amides is 1. The third-order valence-electron chi connectivity index (χ3n) is 2.45. The second-order valence-corrected chi connectivity index (χ2v) is 3.84. The summed E-state index contributed by atoms with van der Waals surface area (Å²) >= 11 is 0. The average molecular weight is 180 g/mol. The predicted octanol–water partition coefficient (Wildman–Crippen LogP) is 0.527. The van der Waals surface area contributed by atoms with Crippen LogP contribution in [0.15, 0.2) is 12.2 Å². The van der Waals surface area contributed by atoms with Crippen molar-refractivity contribution in [2.45, 2.75) is 25.3 Å². The number of carbonyl (C=O) groups excluding carboxylic acids is 1. The Balaban J connectivity index is 1.69. The van der Waals surface area contributed by atoms with Crippen molar-refractivity contribution in [2.24, 2.45) is 0 Å². The third-order valence-corrected chi connectivity index (χ3v) is 2.45. The van der Waals surface area contributed by atoms with Crippen LogP contribution < -0.4 is 5.32 Å². The van der Waals surface area contributed by atoms with E-state index in [2.05, 4.69) is 22.4 Å². The normalized spacial score (nSPS) is 23.1. The molecule has 0 atom stereocenters. The van der Waals surface area contributed by atoms with Crippen LogP contribution in [0.2, 0.25) is 0 Å². The van der Waals surface area contributed by atoms with Gasteiger partial charge in [-0.2, -0.15) is 0 Å². The molecule has 13 heavy (non-hydrogen) atoms. The van der Waals surface area contributed by atoms with Gasteiger partial charge in [-0.05, 0) is 19.3 Å². The van der Waals surface area contributed by atoms with Crippen molar-refractivity contribution in [2.75, 3.05) is 19.6 Å². The fourth-order valence-electron chi connectivity index (χ4n) is 1.54. The molecule has 0 aromatic rings. The van der Waals surface area contributed by atoms with E-state index in [9.17, 15) is 4.79 Å². The molecule has 0 aromatic heterocycles. The second kappa shape index (κ2) is 3.92. The van der Waals surface area contributed by atoms with Crippen molar-refractivity contribution in [3.8, 4) is 0 Å². The fraction of sp³-hybridized carbons (Fsp3) is 0.700. The Morgan fingerprint density at radius 2 is 2.31 bits per heavy atom. The first kappa shape index (κ1) is 8.75. The predicted molar refractivity (Wildman–Crippen MR) is 51.4 cm³/mol. The quantitative estimate of drug-likeness (QED) is 0.642. The lowest BCUT2D eigenvalue weighted by molar-refractivity contribution is -0.122. The summed E-state index contributed by atoms with van der Waals surface area (Å²) in [5, 5.41) is 3.00. The highest BCUT2D eigenvalue weighted by Gasteiger charge is 2.23. The van der Waals surface area contributed by atoms with Crippen molar-refractivity contribution in [3.05, 3.63) is 12.2 Å². The van der Waals surface area contributed by atoms with Gasteiger partial charge in [0.2, 0.25) is 5.91 Å². The molecule has 0 radical (unpaired) electrons. The highest BCUT2D eigenvalue weighted by Crippen LogP contribution is 2.18. The molecule has 3 heteroatoms. The summed E-state index contributed by atoms with van der Waals surface area (Å²) in [7, 11) is 0. The van der Waals surface area contributed by atoms with Crippen molar-refractivity contribution < 1.29 is 4.79 Å². The molecule has 3 nitrogen and oxygen atoms in total. The SMILES string of the molecule is O=C(CN1CC=CCC1)NC1CC1. The number of rotatable bonds is 3. The van der Waals surface area contributed by atoms with Crippen LogP contribution in [0.4, 0.5) is 0 Å². The molecule has 0 spiro atoms. The molecule has 2 rings (SSSR count). The molecule has 72 valence electrons. The molecule has 0 bridgehead atoms. The van der Waals surface area contributed by atoms with E-state index in [0.717, 1.165) is 19.5 Å². The van der Waals surface area contributed by atoms with Crippen LogP contribution in [0.5, 0.6) is 0 Å². The largest absolute Gasteiger partial charge is 0.352 e. The maximum atomic E-state index is 11.4. The van der Waals surface area contributed by atoms with Crippen molar-refractivity contribution in [1.29, 1.82) is 0 Å². The summed E-state index contributed by atoms with van der Waals surface area (Å²) in [6, 6.07) is 0.493. The molecule has 2 aliphatic rings. The van der Waals surface area contributed by atoms with E-state index in [4.69, 9.17) is 0 Å². The molecule has 1 aliphatic carbocycles. The second-order valence-electron chi connectivity index (χ2n) is 3.84. The van der Waals surface area contributed by atoms with Crippen LogP contribution in [0.25, 0.3) is 0 Å². The van der Waals surface area contributed by atoms with Gasteiger partial charge < -0.3 is 5.32 Å². The van der Waals surface area contributed by atoms with Crippen molar-refractivity contribution in [3.63, 3.8) is 0 Å². The third kappa shape index (κ3) is 2.84. The Morgan fingerprint density at radius 3 is 2.92 bits per heavy atom. The van der Waals surface area contributed by atoms with Gasteiger partial charge in [-0.25, -0.2) is 0 Å². The van der Waals surface area contributed by atoms with Gasteiger partial charge in [0, 0.05) is 19.1 Å². The summed E-state index contributed by atoms with van der Waals surface area (Å²) in [6.45, 7) is 2.52. The minimum Gasteiger partial charge on any atom is -0.352 e. The van der Waals surface area contributed by atoms with Crippen LogP contribution in [0.1, 0.15) is 19.3 Å². The van der Waals surface area contributed by atoms with Crippen LogP contribution in [-0.2, 0) is 4.79 Å². The van der Waals surface area contributed by atoms with Gasteiger partial charge >= 0.3 is 0 Å². The Labute approximate surface area is 78.8 Å². The first-order valence-electron chi connectivity index (χ1n) is 5.01. The summed E-state index contributed by atoms with van der Waals surface area (Å²) in [5.41, 5.74) is 0. The minimum absolute atomic E-state index is 0.192. The zero-order chi connectivity index (χ0) is 9.10. The molecule has 0 unspecified atom stereocenters. The van der Waals surface area contributed by atoms with Gasteiger partial charge in [-0.1, -0.05) is 12.2 Å². The Kier molecular flexibility index (Phi) is 2.64. The Morgan fingerprint density at radius 1 is 1.46 bits per heavy atom. The van der Waals surface area contributed by atoms with Crippen molar-refractivity contribution >= 4 is 5.91 Å². The van der Waals surface area contributed by atoms with E-state index in [1.165, 1.54) is 12.8 Å². The molecular formula is C10H16N2O. The number of hydrogen-bond acceptors (Lipinski definition) is 2. The van der Waals surface area contributed by atoms with Gasteiger partial charge in [0.1, 0.15) is 0 Å². The number of carbonyl (C=O) groups is 1. The number of hydrogen-bond donors (Lipinski definition) is 1. The number of nitrogens with one attached hydrogen (secondary N) is 1. The fourth-order valence-corrected chi connectivity index (χ4v) is 1.54. The lowest BCUT2D eigenvalue weighted by Crippen LogP contribution is -2.39. The Bertz CT molecular complexity index is 221. The van der Waals surface area contributed by atoms with Crippen LogP contribution in [-0.4, -0.2) is 36.5 Å². The smallest absolute Gasteiger partial charge is 0.234 e. The molecule has 1 amide bonds. The van der Waals surface area contributed by atoms with E-state index in [0.29, 0.717) is 12.6 Å². The van der Waals surface area contributed by atoms with Gasteiger partial charge in [0.05, 0.1) is 6.54 Å². The zero-order valence-corrected chi connectivity index (χ0v) is 7.83. The summed E-state index contributed by atoms with van der Waals surface area (Å²) in [5.74, 6) is 0.192. The zero-order valence-electron chi connectivity index (χ0n) is 7.83. The van der Waals surface area contributed by atoms with E-state index in [1.54, 1.807) is 0 Å². The molecule has 1 fully saturated rings. The maximum Gasteiger partial charge on any atom is 0.234 e. The first-order chi connectivity index (χ1) is 6.34. The van der Waals surface area contributed by atoms with Gasteiger partial charge in [0.15, 0.2) is 0 Å². The first-order valence-corrected chi connectivity index (χ1v) is 5.01. The molecule has 1 N–H and O–H groups in total.